The summed E-state index contributed by atoms with van der Waals surface area (Å²) in [5.74, 6) is -0.561. The first-order valence-corrected chi connectivity index (χ1v) is 10.6. The fourth-order valence-corrected chi connectivity index (χ4v) is 4.08. The SMILES string of the molecule is CCCCNc1nc2ccc(-c3cc(C(=O)NC4CC4)cc(F)c3C)cc2s1. The summed E-state index contributed by atoms with van der Waals surface area (Å²) in [6.07, 6.45) is 4.25. The molecule has 1 aromatic heterocycles. The number of benzene rings is 2. The summed E-state index contributed by atoms with van der Waals surface area (Å²) in [4.78, 5) is 17.0. The molecule has 0 aliphatic heterocycles. The third-order valence-electron chi connectivity index (χ3n) is 5.03. The number of hydrogen-bond donors (Lipinski definition) is 2. The molecule has 146 valence electrons. The number of fused-ring (bicyclic) bond motifs is 1. The van der Waals surface area contributed by atoms with Crippen LogP contribution in [0.15, 0.2) is 30.3 Å². The van der Waals surface area contributed by atoms with E-state index in [1.807, 2.05) is 18.2 Å². The largest absolute Gasteiger partial charge is 0.361 e. The van der Waals surface area contributed by atoms with Gasteiger partial charge in [0.2, 0.25) is 0 Å². The van der Waals surface area contributed by atoms with Crippen molar-refractivity contribution in [3.05, 3.63) is 47.3 Å². The molecule has 0 radical (unpaired) electrons. The number of nitrogens with one attached hydrogen (secondary N) is 2. The second kappa shape index (κ2) is 7.87. The zero-order valence-corrected chi connectivity index (χ0v) is 17.0. The number of carbonyl (C=O) groups is 1. The van der Waals surface area contributed by atoms with Crippen molar-refractivity contribution in [3.63, 3.8) is 0 Å². The highest BCUT2D eigenvalue weighted by Gasteiger charge is 2.24. The fraction of sp³-hybridized carbons (Fsp3) is 0.364. The predicted molar refractivity (Wildman–Crippen MR) is 114 cm³/mol. The molecule has 1 amide bonds. The number of hydrogen-bond acceptors (Lipinski definition) is 4. The first-order chi connectivity index (χ1) is 13.5. The van der Waals surface area contributed by atoms with Gasteiger partial charge < -0.3 is 10.6 Å². The average Bonchev–Trinajstić information content (AvgIpc) is 3.40. The van der Waals surface area contributed by atoms with E-state index >= 15 is 0 Å². The standard InChI is InChI=1S/C22H24FN3OS/c1-3-4-9-24-22-26-19-8-5-14(12-20(19)28-22)17-10-15(11-18(23)13(17)2)21(27)25-16-6-7-16/h5,8,10-12,16H,3-4,6-7,9H2,1-2H3,(H,24,26)(H,25,27). The van der Waals surface area contributed by atoms with Crippen molar-refractivity contribution in [1.29, 1.82) is 0 Å². The zero-order chi connectivity index (χ0) is 19.7. The van der Waals surface area contributed by atoms with Crippen LogP contribution in [0.1, 0.15) is 48.5 Å². The van der Waals surface area contributed by atoms with Gasteiger partial charge in [0.1, 0.15) is 5.82 Å². The number of anilines is 1. The van der Waals surface area contributed by atoms with Crippen LogP contribution in [-0.2, 0) is 0 Å². The van der Waals surface area contributed by atoms with E-state index in [2.05, 4.69) is 22.5 Å². The van der Waals surface area contributed by atoms with Gasteiger partial charge in [-0.3, -0.25) is 4.79 Å². The second-order valence-corrected chi connectivity index (χ2v) is 8.39. The van der Waals surface area contributed by atoms with Crippen molar-refractivity contribution in [1.82, 2.24) is 10.3 Å². The third-order valence-corrected chi connectivity index (χ3v) is 6.00. The topological polar surface area (TPSA) is 54.0 Å². The molecule has 0 saturated heterocycles. The molecule has 0 unspecified atom stereocenters. The highest BCUT2D eigenvalue weighted by Crippen LogP contribution is 2.33. The Morgan fingerprint density at radius 2 is 2.11 bits per heavy atom. The van der Waals surface area contributed by atoms with Crippen LogP contribution < -0.4 is 10.6 Å². The van der Waals surface area contributed by atoms with Gasteiger partial charge in [-0.15, -0.1) is 0 Å². The molecule has 1 saturated carbocycles. The van der Waals surface area contributed by atoms with E-state index in [-0.39, 0.29) is 17.8 Å². The minimum Gasteiger partial charge on any atom is -0.361 e. The molecule has 28 heavy (non-hydrogen) atoms. The van der Waals surface area contributed by atoms with Crippen LogP contribution in [0.2, 0.25) is 0 Å². The summed E-state index contributed by atoms with van der Waals surface area (Å²) in [5, 5.41) is 7.19. The number of unbranched alkanes of at least 4 members (excludes halogenated alkanes) is 1. The van der Waals surface area contributed by atoms with Gasteiger partial charge in [0.05, 0.1) is 10.2 Å². The van der Waals surface area contributed by atoms with E-state index in [0.717, 1.165) is 58.7 Å². The summed E-state index contributed by atoms with van der Waals surface area (Å²) in [6, 6.07) is 9.30. The smallest absolute Gasteiger partial charge is 0.251 e. The molecule has 1 aliphatic carbocycles. The molecular formula is C22H24FN3OS. The summed E-state index contributed by atoms with van der Waals surface area (Å²) in [6.45, 7) is 4.82. The van der Waals surface area contributed by atoms with Crippen LogP contribution in [0.4, 0.5) is 9.52 Å². The van der Waals surface area contributed by atoms with Crippen molar-refractivity contribution in [3.8, 4) is 11.1 Å². The Bertz CT molecular complexity index is 1030. The van der Waals surface area contributed by atoms with Gasteiger partial charge >= 0.3 is 0 Å². The highest BCUT2D eigenvalue weighted by atomic mass is 32.1. The lowest BCUT2D eigenvalue weighted by atomic mass is 9.97. The average molecular weight is 398 g/mol. The van der Waals surface area contributed by atoms with Crippen molar-refractivity contribution in [2.45, 2.75) is 45.6 Å². The summed E-state index contributed by atoms with van der Waals surface area (Å²) < 4.78 is 15.6. The van der Waals surface area contributed by atoms with Gasteiger partial charge in [-0.05, 0) is 67.1 Å². The second-order valence-electron chi connectivity index (χ2n) is 7.36. The maximum atomic E-state index is 14.5. The lowest BCUT2D eigenvalue weighted by Crippen LogP contribution is -2.25. The predicted octanol–water partition coefficient (Wildman–Crippen LogP) is 5.52. The number of nitrogens with zero attached hydrogens (tertiary/aromatic N) is 1. The van der Waals surface area contributed by atoms with E-state index in [9.17, 15) is 9.18 Å². The Morgan fingerprint density at radius 1 is 1.29 bits per heavy atom. The maximum Gasteiger partial charge on any atom is 0.251 e. The van der Waals surface area contributed by atoms with Gasteiger partial charge in [0, 0.05) is 18.2 Å². The molecule has 2 N–H and O–H groups in total. The molecule has 0 bridgehead atoms. The summed E-state index contributed by atoms with van der Waals surface area (Å²) >= 11 is 1.60. The molecule has 6 heteroatoms. The number of amides is 1. The van der Waals surface area contributed by atoms with Crippen LogP contribution in [0.25, 0.3) is 21.3 Å². The number of carbonyl (C=O) groups excluding carboxylic acids is 1. The fourth-order valence-electron chi connectivity index (χ4n) is 3.15. The Kier molecular flexibility index (Phi) is 5.31. The van der Waals surface area contributed by atoms with Gasteiger partial charge in [0.25, 0.3) is 5.91 Å². The number of rotatable bonds is 7. The van der Waals surface area contributed by atoms with Crippen LogP contribution >= 0.6 is 11.3 Å². The molecule has 1 heterocycles. The number of thiazole rings is 1. The van der Waals surface area contributed by atoms with E-state index < -0.39 is 0 Å². The van der Waals surface area contributed by atoms with Crippen LogP contribution in [0.3, 0.4) is 0 Å². The monoisotopic (exact) mass is 397 g/mol. The highest BCUT2D eigenvalue weighted by molar-refractivity contribution is 7.22. The number of halogens is 1. The van der Waals surface area contributed by atoms with Crippen molar-refractivity contribution in [2.75, 3.05) is 11.9 Å². The van der Waals surface area contributed by atoms with E-state index in [4.69, 9.17) is 0 Å². The molecule has 2 aromatic carbocycles. The molecular weight excluding hydrogens is 373 g/mol. The van der Waals surface area contributed by atoms with Crippen LogP contribution in [-0.4, -0.2) is 23.5 Å². The molecule has 4 nitrogen and oxygen atoms in total. The first-order valence-electron chi connectivity index (χ1n) is 9.81. The molecule has 1 fully saturated rings. The minimum atomic E-state index is -0.357. The Labute approximate surface area is 168 Å². The first kappa shape index (κ1) is 18.9. The molecule has 0 spiro atoms. The van der Waals surface area contributed by atoms with Gasteiger partial charge in [-0.2, -0.15) is 0 Å². The summed E-state index contributed by atoms with van der Waals surface area (Å²) in [7, 11) is 0. The lowest BCUT2D eigenvalue weighted by Gasteiger charge is -2.11. The number of aromatic nitrogens is 1. The molecule has 1 aliphatic rings. The Hall–Kier alpha value is -2.47. The van der Waals surface area contributed by atoms with Crippen LogP contribution in [0.5, 0.6) is 0 Å². The quantitative estimate of drug-likeness (QED) is 0.517. The van der Waals surface area contributed by atoms with E-state index in [1.54, 1.807) is 24.3 Å². The lowest BCUT2D eigenvalue weighted by molar-refractivity contribution is 0.0950. The molecule has 0 atom stereocenters. The van der Waals surface area contributed by atoms with E-state index in [1.165, 1.54) is 6.07 Å². The maximum absolute atomic E-state index is 14.5. The Morgan fingerprint density at radius 3 is 2.86 bits per heavy atom. The normalized spacial score (nSPS) is 13.7. The van der Waals surface area contributed by atoms with Crippen molar-refractivity contribution < 1.29 is 9.18 Å². The molecule has 4 rings (SSSR count). The van der Waals surface area contributed by atoms with Gasteiger partial charge in [-0.1, -0.05) is 30.7 Å². The summed E-state index contributed by atoms with van der Waals surface area (Å²) in [5.41, 5.74) is 3.49. The zero-order valence-electron chi connectivity index (χ0n) is 16.1. The van der Waals surface area contributed by atoms with Gasteiger partial charge in [-0.25, -0.2) is 9.37 Å². The minimum absolute atomic E-state index is 0.205. The Balaban J connectivity index is 1.66. The van der Waals surface area contributed by atoms with Crippen LogP contribution in [0, 0.1) is 12.7 Å². The van der Waals surface area contributed by atoms with Crippen molar-refractivity contribution >= 4 is 32.6 Å². The van der Waals surface area contributed by atoms with Crippen molar-refractivity contribution in [2.24, 2.45) is 0 Å². The third kappa shape index (κ3) is 4.02. The van der Waals surface area contributed by atoms with E-state index in [0.29, 0.717) is 11.1 Å². The van der Waals surface area contributed by atoms with Gasteiger partial charge in [0.15, 0.2) is 5.13 Å². The molecule has 3 aromatic rings.